The Morgan fingerprint density at radius 2 is 1.14 bits per heavy atom. The highest BCUT2D eigenvalue weighted by molar-refractivity contribution is 5.44. The first-order valence-corrected chi connectivity index (χ1v) is 7.51. The zero-order valence-corrected chi connectivity index (χ0v) is 12.7. The van der Waals surface area contributed by atoms with E-state index < -0.39 is 0 Å². The summed E-state index contributed by atoms with van der Waals surface area (Å²) in [4.78, 5) is 0. The summed E-state index contributed by atoms with van der Waals surface area (Å²) in [6, 6.07) is 29.3. The molecule has 22 heavy (non-hydrogen) atoms. The van der Waals surface area contributed by atoms with Gasteiger partial charge in [-0.3, -0.25) is 0 Å². The van der Waals surface area contributed by atoms with E-state index in [1.54, 1.807) is 0 Å². The molecule has 0 nitrogen and oxygen atoms in total. The molecule has 0 N–H and O–H groups in total. The van der Waals surface area contributed by atoms with Gasteiger partial charge >= 0.3 is 0 Å². The van der Waals surface area contributed by atoms with Gasteiger partial charge in [-0.2, -0.15) is 0 Å². The first kappa shape index (κ1) is 14.2. The molecule has 0 aromatic heterocycles. The summed E-state index contributed by atoms with van der Waals surface area (Å²) in [6.45, 7) is 2.09. The fourth-order valence-corrected chi connectivity index (χ4v) is 2.44. The molecule has 0 spiro atoms. The van der Waals surface area contributed by atoms with Crippen molar-refractivity contribution in [1.29, 1.82) is 0 Å². The van der Waals surface area contributed by atoms with Gasteiger partial charge in [-0.1, -0.05) is 90.2 Å². The summed E-state index contributed by atoms with van der Waals surface area (Å²) in [7, 11) is 0. The molecule has 3 aromatic rings. The van der Waals surface area contributed by atoms with Crippen molar-refractivity contribution in [1.82, 2.24) is 0 Å². The molecule has 0 aliphatic carbocycles. The Hall–Kier alpha value is -2.78. The van der Waals surface area contributed by atoms with Gasteiger partial charge in [-0.05, 0) is 30.2 Å². The summed E-state index contributed by atoms with van der Waals surface area (Å²) < 4.78 is 0. The topological polar surface area (TPSA) is 0 Å². The van der Waals surface area contributed by atoms with Gasteiger partial charge in [0, 0.05) is 5.56 Å². The van der Waals surface area contributed by atoms with Crippen LogP contribution in [0.1, 0.15) is 28.2 Å². The quantitative estimate of drug-likeness (QED) is 0.568. The molecule has 0 unspecified atom stereocenters. The predicted molar refractivity (Wildman–Crippen MR) is 92.8 cm³/mol. The van der Waals surface area contributed by atoms with Gasteiger partial charge in [0.2, 0.25) is 0 Å². The third-order valence-corrected chi connectivity index (χ3v) is 3.68. The first-order chi connectivity index (χ1) is 10.8. The van der Waals surface area contributed by atoms with Gasteiger partial charge in [-0.15, -0.1) is 0 Å². The van der Waals surface area contributed by atoms with Crippen LogP contribution < -0.4 is 0 Å². The molecule has 0 amide bonds. The van der Waals surface area contributed by atoms with Crippen molar-refractivity contribution in [3.63, 3.8) is 0 Å². The Kier molecular flexibility index (Phi) is 4.37. The molecule has 0 saturated heterocycles. The molecule has 0 heteroatoms. The van der Waals surface area contributed by atoms with Gasteiger partial charge in [0.05, 0.1) is 5.92 Å². The monoisotopic (exact) mass is 282 g/mol. The second-order valence-electron chi connectivity index (χ2n) is 5.39. The standard InChI is InChI=1S/C22H18/c1-18-12-14-19(15-13-18)16-17-22(20-8-4-2-5-9-20)21-10-6-3-7-11-21/h2-15,22H,1H3. The van der Waals surface area contributed by atoms with E-state index in [0.717, 1.165) is 5.56 Å². The van der Waals surface area contributed by atoms with E-state index in [1.807, 2.05) is 12.1 Å². The van der Waals surface area contributed by atoms with E-state index in [2.05, 4.69) is 91.6 Å². The lowest BCUT2D eigenvalue weighted by Gasteiger charge is -2.11. The average Bonchev–Trinajstić information content (AvgIpc) is 2.59. The van der Waals surface area contributed by atoms with Crippen LogP contribution in [0.25, 0.3) is 0 Å². The zero-order valence-electron chi connectivity index (χ0n) is 12.7. The Labute approximate surface area is 132 Å². The molecular weight excluding hydrogens is 264 g/mol. The minimum atomic E-state index is 0.101. The van der Waals surface area contributed by atoms with Gasteiger partial charge in [0.25, 0.3) is 0 Å². The number of aryl methyl sites for hydroxylation is 1. The van der Waals surface area contributed by atoms with Crippen LogP contribution in [0.5, 0.6) is 0 Å². The van der Waals surface area contributed by atoms with Crippen LogP contribution in [0.15, 0.2) is 84.9 Å². The van der Waals surface area contributed by atoms with Crippen molar-refractivity contribution in [3.05, 3.63) is 107 Å². The Morgan fingerprint density at radius 1 is 0.636 bits per heavy atom. The maximum absolute atomic E-state index is 3.44. The number of rotatable bonds is 2. The molecule has 0 heterocycles. The summed E-state index contributed by atoms with van der Waals surface area (Å²) in [6.07, 6.45) is 0. The molecule has 0 atom stereocenters. The molecule has 3 rings (SSSR count). The highest BCUT2D eigenvalue weighted by atomic mass is 14.1. The van der Waals surface area contributed by atoms with E-state index in [0.29, 0.717) is 0 Å². The van der Waals surface area contributed by atoms with Crippen molar-refractivity contribution >= 4 is 0 Å². The minimum Gasteiger partial charge on any atom is -0.0848 e. The van der Waals surface area contributed by atoms with Crippen molar-refractivity contribution < 1.29 is 0 Å². The highest BCUT2D eigenvalue weighted by Gasteiger charge is 2.10. The molecular formula is C22H18. The molecule has 0 bridgehead atoms. The van der Waals surface area contributed by atoms with E-state index >= 15 is 0 Å². The summed E-state index contributed by atoms with van der Waals surface area (Å²) in [5, 5.41) is 0. The van der Waals surface area contributed by atoms with Crippen LogP contribution in [-0.2, 0) is 0 Å². The SMILES string of the molecule is Cc1ccc(C#CC(c2ccccc2)c2ccccc2)cc1. The molecule has 0 saturated carbocycles. The molecule has 0 aliphatic rings. The second-order valence-corrected chi connectivity index (χ2v) is 5.39. The average molecular weight is 282 g/mol. The highest BCUT2D eigenvalue weighted by Crippen LogP contribution is 2.23. The molecule has 0 fully saturated rings. The van der Waals surface area contributed by atoms with Crippen LogP contribution in [0.2, 0.25) is 0 Å². The van der Waals surface area contributed by atoms with Crippen molar-refractivity contribution in [2.45, 2.75) is 12.8 Å². The number of hydrogen-bond acceptors (Lipinski definition) is 0. The van der Waals surface area contributed by atoms with E-state index in [-0.39, 0.29) is 5.92 Å². The van der Waals surface area contributed by atoms with Crippen LogP contribution in [-0.4, -0.2) is 0 Å². The Balaban J connectivity index is 1.98. The Bertz CT molecular complexity index is 733. The van der Waals surface area contributed by atoms with Crippen molar-refractivity contribution in [3.8, 4) is 11.8 Å². The van der Waals surface area contributed by atoms with E-state index in [1.165, 1.54) is 16.7 Å². The van der Waals surface area contributed by atoms with Gasteiger partial charge in [0.1, 0.15) is 0 Å². The largest absolute Gasteiger partial charge is 0.0848 e. The summed E-state index contributed by atoms with van der Waals surface area (Å²) in [5.74, 6) is 6.86. The molecule has 3 aromatic carbocycles. The molecule has 0 radical (unpaired) electrons. The molecule has 106 valence electrons. The second kappa shape index (κ2) is 6.78. The van der Waals surface area contributed by atoms with Crippen molar-refractivity contribution in [2.75, 3.05) is 0 Å². The van der Waals surface area contributed by atoms with Crippen LogP contribution in [0.4, 0.5) is 0 Å². The lowest BCUT2D eigenvalue weighted by atomic mass is 9.91. The first-order valence-electron chi connectivity index (χ1n) is 7.51. The Morgan fingerprint density at radius 3 is 1.64 bits per heavy atom. The summed E-state index contributed by atoms with van der Waals surface area (Å²) in [5.41, 5.74) is 4.78. The number of benzene rings is 3. The third-order valence-electron chi connectivity index (χ3n) is 3.68. The fourth-order valence-electron chi connectivity index (χ4n) is 2.44. The minimum absolute atomic E-state index is 0.101. The zero-order chi connectivity index (χ0) is 15.2. The fraction of sp³-hybridized carbons (Fsp3) is 0.0909. The maximum Gasteiger partial charge on any atom is 0.0705 e. The van der Waals surface area contributed by atoms with Crippen molar-refractivity contribution in [2.24, 2.45) is 0 Å². The smallest absolute Gasteiger partial charge is 0.0705 e. The lowest BCUT2D eigenvalue weighted by molar-refractivity contribution is 1.06. The lowest BCUT2D eigenvalue weighted by Crippen LogP contribution is -1.98. The molecule has 0 aliphatic heterocycles. The normalized spacial score (nSPS) is 10.1. The van der Waals surface area contributed by atoms with Crippen LogP contribution >= 0.6 is 0 Å². The van der Waals surface area contributed by atoms with Gasteiger partial charge in [0.15, 0.2) is 0 Å². The third kappa shape index (κ3) is 3.45. The number of hydrogen-bond donors (Lipinski definition) is 0. The maximum atomic E-state index is 3.44. The van der Waals surface area contributed by atoms with Crippen LogP contribution in [0, 0.1) is 18.8 Å². The van der Waals surface area contributed by atoms with E-state index in [4.69, 9.17) is 0 Å². The van der Waals surface area contributed by atoms with Crippen LogP contribution in [0.3, 0.4) is 0 Å². The van der Waals surface area contributed by atoms with Gasteiger partial charge in [-0.25, -0.2) is 0 Å². The van der Waals surface area contributed by atoms with Gasteiger partial charge < -0.3 is 0 Å². The van der Waals surface area contributed by atoms with E-state index in [9.17, 15) is 0 Å². The predicted octanol–water partition coefficient (Wildman–Crippen LogP) is 5.18. The summed E-state index contributed by atoms with van der Waals surface area (Å²) >= 11 is 0.